The van der Waals surface area contributed by atoms with Gasteiger partial charge in [-0.05, 0) is 27.2 Å². The lowest BCUT2D eigenvalue weighted by molar-refractivity contribution is -0.152. The Morgan fingerprint density at radius 2 is 2.00 bits per heavy atom. The van der Waals surface area contributed by atoms with Crippen molar-refractivity contribution >= 4 is 17.9 Å². The summed E-state index contributed by atoms with van der Waals surface area (Å²) in [6, 6.07) is -0.457. The molecule has 0 spiro atoms. The summed E-state index contributed by atoms with van der Waals surface area (Å²) in [6.07, 6.45) is 0.507. The van der Waals surface area contributed by atoms with Crippen LogP contribution in [0.2, 0.25) is 0 Å². The average Bonchev–Trinajstić information content (AvgIpc) is 2.52. The number of imide groups is 1. The molecule has 1 fully saturated rings. The molecule has 6 heteroatoms. The molecule has 0 aromatic carbocycles. The highest BCUT2D eigenvalue weighted by atomic mass is 16.5. The number of urea groups is 1. The number of nitrogens with zero attached hydrogens (tertiary/aromatic N) is 1. The highest BCUT2D eigenvalue weighted by Crippen LogP contribution is 2.26. The Labute approximate surface area is 107 Å². The number of amides is 3. The van der Waals surface area contributed by atoms with E-state index in [-0.39, 0.29) is 12.5 Å². The Morgan fingerprint density at radius 3 is 2.39 bits per heavy atom. The minimum Gasteiger partial charge on any atom is -0.469 e. The van der Waals surface area contributed by atoms with Crippen molar-refractivity contribution in [3.8, 4) is 0 Å². The zero-order valence-electron chi connectivity index (χ0n) is 11.5. The lowest BCUT2D eigenvalue weighted by Gasteiger charge is -2.26. The lowest BCUT2D eigenvalue weighted by Crippen LogP contribution is -2.45. The molecule has 1 heterocycles. The van der Waals surface area contributed by atoms with E-state index in [0.29, 0.717) is 6.42 Å². The van der Waals surface area contributed by atoms with Gasteiger partial charge >= 0.3 is 12.0 Å². The second-order valence-electron chi connectivity index (χ2n) is 5.38. The van der Waals surface area contributed by atoms with Gasteiger partial charge in [0, 0.05) is 6.54 Å². The van der Waals surface area contributed by atoms with Crippen LogP contribution in [0.4, 0.5) is 4.79 Å². The van der Waals surface area contributed by atoms with Gasteiger partial charge in [-0.3, -0.25) is 14.5 Å². The molecule has 0 aromatic heterocycles. The van der Waals surface area contributed by atoms with E-state index < -0.39 is 23.0 Å². The maximum absolute atomic E-state index is 12.1. The second kappa shape index (κ2) is 4.59. The van der Waals surface area contributed by atoms with E-state index >= 15 is 0 Å². The topological polar surface area (TPSA) is 75.7 Å². The minimum atomic E-state index is -0.916. The summed E-state index contributed by atoms with van der Waals surface area (Å²) in [7, 11) is 1.28. The van der Waals surface area contributed by atoms with E-state index in [1.165, 1.54) is 7.11 Å². The molecule has 1 aliphatic heterocycles. The maximum atomic E-state index is 12.1. The van der Waals surface area contributed by atoms with Crippen LogP contribution in [0.5, 0.6) is 0 Å². The van der Waals surface area contributed by atoms with Gasteiger partial charge in [0.15, 0.2) is 0 Å². The molecule has 0 aromatic rings. The van der Waals surface area contributed by atoms with Gasteiger partial charge < -0.3 is 10.1 Å². The van der Waals surface area contributed by atoms with Gasteiger partial charge in [-0.2, -0.15) is 0 Å². The molecule has 0 aliphatic carbocycles. The Kier molecular flexibility index (Phi) is 3.69. The molecule has 18 heavy (non-hydrogen) atoms. The average molecular weight is 256 g/mol. The largest absolute Gasteiger partial charge is 0.469 e. The van der Waals surface area contributed by atoms with Crippen molar-refractivity contribution in [3.63, 3.8) is 0 Å². The van der Waals surface area contributed by atoms with E-state index in [0.717, 1.165) is 4.90 Å². The number of carbonyl (C=O) groups is 3. The Balaban J connectivity index is 2.90. The lowest BCUT2D eigenvalue weighted by atomic mass is 9.92. The fraction of sp³-hybridized carbons (Fsp3) is 0.750. The monoisotopic (exact) mass is 256 g/mol. The van der Waals surface area contributed by atoms with Gasteiger partial charge in [0.1, 0.15) is 5.54 Å². The zero-order chi connectivity index (χ0) is 14.1. The first-order valence-electron chi connectivity index (χ1n) is 5.90. The van der Waals surface area contributed by atoms with Crippen molar-refractivity contribution in [1.29, 1.82) is 0 Å². The molecule has 1 rings (SSSR count). The van der Waals surface area contributed by atoms with Gasteiger partial charge in [0.25, 0.3) is 5.91 Å². The normalized spacial score (nSPS) is 24.2. The number of esters is 1. The molecule has 102 valence electrons. The van der Waals surface area contributed by atoms with Crippen molar-refractivity contribution in [3.05, 3.63) is 0 Å². The first-order valence-corrected chi connectivity index (χ1v) is 5.90. The number of ether oxygens (including phenoxy) is 1. The van der Waals surface area contributed by atoms with Crippen LogP contribution in [-0.4, -0.2) is 42.0 Å². The summed E-state index contributed by atoms with van der Waals surface area (Å²) >= 11 is 0. The van der Waals surface area contributed by atoms with Gasteiger partial charge in [-0.1, -0.05) is 6.92 Å². The molecule has 1 saturated heterocycles. The second-order valence-corrected chi connectivity index (χ2v) is 5.38. The van der Waals surface area contributed by atoms with Crippen LogP contribution in [-0.2, 0) is 14.3 Å². The highest BCUT2D eigenvalue weighted by Gasteiger charge is 2.49. The first-order chi connectivity index (χ1) is 8.18. The fourth-order valence-electron chi connectivity index (χ4n) is 1.87. The summed E-state index contributed by atoms with van der Waals surface area (Å²) in [5, 5.41) is 2.64. The predicted molar refractivity (Wildman–Crippen MR) is 64.7 cm³/mol. The molecule has 1 unspecified atom stereocenters. The standard InChI is InChI=1S/C12H20N2O4/c1-6-12(4)8(15)14(10(17)13-12)7-11(2,3)9(16)18-5/h6-7H2,1-5H3,(H,13,17). The molecule has 1 atom stereocenters. The molecular formula is C12H20N2O4. The number of nitrogens with one attached hydrogen (secondary N) is 1. The fourth-order valence-corrected chi connectivity index (χ4v) is 1.87. The van der Waals surface area contributed by atoms with Crippen molar-refractivity contribution in [2.45, 2.75) is 39.7 Å². The zero-order valence-corrected chi connectivity index (χ0v) is 11.5. The van der Waals surface area contributed by atoms with Crippen LogP contribution in [0.3, 0.4) is 0 Å². The van der Waals surface area contributed by atoms with Crippen molar-refractivity contribution < 1.29 is 19.1 Å². The van der Waals surface area contributed by atoms with Crippen LogP contribution in [0.1, 0.15) is 34.1 Å². The van der Waals surface area contributed by atoms with Crippen molar-refractivity contribution in [2.75, 3.05) is 13.7 Å². The number of hydrogen-bond donors (Lipinski definition) is 1. The molecule has 3 amide bonds. The maximum Gasteiger partial charge on any atom is 0.325 e. The van der Waals surface area contributed by atoms with E-state index in [4.69, 9.17) is 0 Å². The quantitative estimate of drug-likeness (QED) is 0.599. The molecule has 0 bridgehead atoms. The van der Waals surface area contributed by atoms with Crippen molar-refractivity contribution in [1.82, 2.24) is 10.2 Å². The van der Waals surface area contributed by atoms with Crippen LogP contribution < -0.4 is 5.32 Å². The predicted octanol–water partition coefficient (Wildman–Crippen LogP) is 0.906. The smallest absolute Gasteiger partial charge is 0.325 e. The third-order valence-corrected chi connectivity index (χ3v) is 3.34. The molecular weight excluding hydrogens is 236 g/mol. The van der Waals surface area contributed by atoms with Gasteiger partial charge in [0.2, 0.25) is 0 Å². The van der Waals surface area contributed by atoms with Crippen molar-refractivity contribution in [2.24, 2.45) is 5.41 Å². The number of carbonyl (C=O) groups excluding carboxylic acids is 3. The highest BCUT2D eigenvalue weighted by molar-refractivity contribution is 6.07. The third-order valence-electron chi connectivity index (χ3n) is 3.34. The van der Waals surface area contributed by atoms with Crippen LogP contribution >= 0.6 is 0 Å². The summed E-state index contributed by atoms with van der Waals surface area (Å²) < 4.78 is 4.67. The van der Waals surface area contributed by atoms with E-state index in [9.17, 15) is 14.4 Å². The van der Waals surface area contributed by atoms with E-state index in [2.05, 4.69) is 10.1 Å². The first kappa shape index (κ1) is 14.5. The van der Waals surface area contributed by atoms with Crippen LogP contribution in [0.25, 0.3) is 0 Å². The number of rotatable bonds is 4. The summed E-state index contributed by atoms with van der Waals surface area (Å²) in [4.78, 5) is 36.6. The molecule has 6 nitrogen and oxygen atoms in total. The third kappa shape index (κ3) is 2.32. The number of methoxy groups -OCH3 is 1. The Bertz CT molecular complexity index is 392. The van der Waals surface area contributed by atoms with Gasteiger partial charge in [0.05, 0.1) is 12.5 Å². The molecule has 1 aliphatic rings. The van der Waals surface area contributed by atoms with Gasteiger partial charge in [-0.25, -0.2) is 4.79 Å². The van der Waals surface area contributed by atoms with Crippen LogP contribution in [0, 0.1) is 5.41 Å². The Hall–Kier alpha value is -1.59. The summed E-state index contributed by atoms with van der Waals surface area (Å²) in [5.41, 5.74) is -1.79. The van der Waals surface area contributed by atoms with Crippen LogP contribution in [0.15, 0.2) is 0 Å². The minimum absolute atomic E-state index is 0.0138. The number of hydrogen-bond acceptors (Lipinski definition) is 4. The van der Waals surface area contributed by atoms with E-state index in [1.54, 1.807) is 20.8 Å². The molecule has 0 radical (unpaired) electrons. The molecule has 1 N–H and O–H groups in total. The van der Waals surface area contributed by atoms with E-state index in [1.807, 2.05) is 6.92 Å². The summed E-state index contributed by atoms with van der Waals surface area (Å²) in [6.45, 7) is 6.80. The Morgan fingerprint density at radius 1 is 1.44 bits per heavy atom. The summed E-state index contributed by atoms with van der Waals surface area (Å²) in [5.74, 6) is -0.750. The molecule has 0 saturated carbocycles. The van der Waals surface area contributed by atoms with Gasteiger partial charge in [-0.15, -0.1) is 0 Å². The SMILES string of the molecule is CCC1(C)NC(=O)N(CC(C)(C)C(=O)OC)C1=O.